The van der Waals surface area contributed by atoms with Crippen molar-refractivity contribution in [2.24, 2.45) is 10.1 Å². The van der Waals surface area contributed by atoms with Crippen LogP contribution in [0.25, 0.3) is 10.8 Å². The number of nitrogens with two attached hydrogens (primary N) is 1. The Hall–Kier alpha value is -3.14. The lowest BCUT2D eigenvalue weighted by Crippen LogP contribution is -2.36. The average molecular weight is 527 g/mol. The molecule has 2 N–H and O–H groups in total. The number of thioether (sulfide) groups is 1. The number of nitrogens with zero attached hydrogens (tertiary/aromatic N) is 3. The third-order valence-corrected chi connectivity index (χ3v) is 8.42. The third kappa shape index (κ3) is 5.27. The van der Waals surface area contributed by atoms with Crippen molar-refractivity contribution in [1.82, 2.24) is 9.78 Å². The smallest absolute Gasteiger partial charge is 0.286 e. The third-order valence-electron chi connectivity index (χ3n) is 5.44. The van der Waals surface area contributed by atoms with Gasteiger partial charge in [0.1, 0.15) is 4.90 Å². The molecule has 0 aliphatic rings. The van der Waals surface area contributed by atoms with E-state index in [1.807, 2.05) is 31.2 Å². The number of halogens is 1. The second-order valence-corrected chi connectivity index (χ2v) is 11.1. The van der Waals surface area contributed by atoms with Gasteiger partial charge in [0.25, 0.3) is 15.6 Å². The van der Waals surface area contributed by atoms with Gasteiger partial charge in [-0.05, 0) is 50.1 Å². The first kappa shape index (κ1) is 25.0. The fraction of sp³-hybridized carbons (Fsp3) is 0.160. The van der Waals surface area contributed by atoms with Crippen molar-refractivity contribution in [3.05, 3.63) is 98.4 Å². The number of hydrogen-bond donors (Lipinski definition) is 1. The van der Waals surface area contributed by atoms with Crippen LogP contribution in [-0.4, -0.2) is 24.2 Å². The molecule has 0 aliphatic carbocycles. The Kier molecular flexibility index (Phi) is 7.02. The van der Waals surface area contributed by atoms with Crippen molar-refractivity contribution in [3.8, 4) is 0 Å². The Balaban J connectivity index is 1.76. The van der Waals surface area contributed by atoms with Gasteiger partial charge < -0.3 is 5.73 Å². The quantitative estimate of drug-likeness (QED) is 0.227. The van der Waals surface area contributed by atoms with Crippen LogP contribution in [0.15, 0.2) is 79.6 Å². The number of aromatic nitrogens is 2. The molecule has 0 unspecified atom stereocenters. The fourth-order valence-electron chi connectivity index (χ4n) is 3.51. The zero-order valence-electron chi connectivity index (χ0n) is 19.3. The van der Waals surface area contributed by atoms with Gasteiger partial charge in [-0.3, -0.25) is 4.79 Å². The largest absolute Gasteiger partial charge is 0.367 e. The maximum Gasteiger partial charge on any atom is 0.286 e. The summed E-state index contributed by atoms with van der Waals surface area (Å²) in [4.78, 5) is 13.3. The molecule has 0 spiro atoms. The average Bonchev–Trinajstić information content (AvgIpc) is 2.82. The number of benzene rings is 3. The molecule has 35 heavy (non-hydrogen) atoms. The second kappa shape index (κ2) is 9.85. The Morgan fingerprint density at radius 1 is 1.06 bits per heavy atom. The summed E-state index contributed by atoms with van der Waals surface area (Å²) in [6.07, 6.45) is 0. The van der Waals surface area contributed by atoms with Gasteiger partial charge in [0, 0.05) is 21.1 Å². The van der Waals surface area contributed by atoms with Crippen molar-refractivity contribution in [2.45, 2.75) is 36.3 Å². The first-order chi connectivity index (χ1) is 16.6. The Morgan fingerprint density at radius 3 is 2.40 bits per heavy atom. The Labute approximate surface area is 212 Å². The lowest BCUT2D eigenvalue weighted by molar-refractivity contribution is 0.595. The molecule has 4 aromatic rings. The van der Waals surface area contributed by atoms with E-state index >= 15 is 0 Å². The lowest BCUT2D eigenvalue weighted by atomic mass is 10.1. The highest BCUT2D eigenvalue weighted by Gasteiger charge is 2.22. The number of hydrogen-bond acceptors (Lipinski definition) is 5. The summed E-state index contributed by atoms with van der Waals surface area (Å²) < 4.78 is 31.3. The van der Waals surface area contributed by atoms with Crippen LogP contribution in [0.2, 0.25) is 5.02 Å². The van der Waals surface area contributed by atoms with Crippen LogP contribution in [0.3, 0.4) is 0 Å². The van der Waals surface area contributed by atoms with Gasteiger partial charge in [0.2, 0.25) is 5.96 Å². The predicted octanol–water partition coefficient (Wildman–Crippen LogP) is 4.82. The number of aryl methyl sites for hydroxylation is 3. The number of rotatable bonds is 5. The summed E-state index contributed by atoms with van der Waals surface area (Å²) >= 11 is 7.64. The normalized spacial score (nSPS) is 12.3. The summed E-state index contributed by atoms with van der Waals surface area (Å²) in [5.41, 5.74) is 8.73. The second-order valence-electron chi connectivity index (χ2n) is 8.09. The molecule has 4 rings (SSSR count). The van der Waals surface area contributed by atoms with E-state index in [1.165, 1.54) is 17.8 Å². The molecule has 0 amide bonds. The van der Waals surface area contributed by atoms with Gasteiger partial charge in [-0.25, -0.2) is 0 Å². The van der Waals surface area contributed by atoms with Crippen LogP contribution in [0.4, 0.5) is 0 Å². The molecule has 0 saturated heterocycles. The zero-order chi connectivity index (χ0) is 25.3. The molecule has 0 saturated carbocycles. The van der Waals surface area contributed by atoms with Crippen molar-refractivity contribution >= 4 is 50.1 Å². The molecule has 3 aromatic carbocycles. The van der Waals surface area contributed by atoms with E-state index in [1.54, 1.807) is 44.2 Å². The number of sulfonamides is 1. The zero-order valence-corrected chi connectivity index (χ0v) is 21.7. The summed E-state index contributed by atoms with van der Waals surface area (Å²) in [6.45, 7) is 5.42. The summed E-state index contributed by atoms with van der Waals surface area (Å²) in [5.74, 6) is -0.00217. The van der Waals surface area contributed by atoms with E-state index in [2.05, 4.69) is 9.50 Å². The van der Waals surface area contributed by atoms with Crippen LogP contribution in [0, 0.1) is 20.8 Å². The van der Waals surface area contributed by atoms with Gasteiger partial charge in [0.05, 0.1) is 11.1 Å². The Bertz CT molecular complexity index is 1630. The van der Waals surface area contributed by atoms with Gasteiger partial charge >= 0.3 is 0 Å². The maximum atomic E-state index is 13.3. The summed E-state index contributed by atoms with van der Waals surface area (Å²) in [7, 11) is -4.29. The van der Waals surface area contributed by atoms with Crippen molar-refractivity contribution in [1.29, 1.82) is 0 Å². The molecule has 1 aromatic heterocycles. The molecular weight excluding hydrogens is 504 g/mol. The van der Waals surface area contributed by atoms with Gasteiger partial charge in [-0.2, -0.15) is 18.2 Å². The van der Waals surface area contributed by atoms with Gasteiger partial charge in [0.15, 0.2) is 0 Å². The highest BCUT2D eigenvalue weighted by Crippen LogP contribution is 2.34. The van der Waals surface area contributed by atoms with E-state index in [-0.39, 0.29) is 4.90 Å². The molecule has 10 heteroatoms. The first-order valence-corrected chi connectivity index (χ1v) is 13.4. The molecule has 0 aliphatic heterocycles. The topological polar surface area (TPSA) is 107 Å². The van der Waals surface area contributed by atoms with Crippen LogP contribution in [-0.2, 0) is 15.8 Å². The van der Waals surface area contributed by atoms with Crippen LogP contribution >= 0.6 is 23.4 Å². The molecular formula is C25H23ClN4O3S2. The standard InChI is InChI=1S/C25H23ClN4O3S2/c1-15-8-10-18(11-9-15)14-34-22-13-21(26)16(2)12-23(22)35(32,33)29-25(27)30-24(31)20-7-5-4-6-19(20)17(3)28-30/h4-13H,14H2,1-3H3,(H2,27,29). The van der Waals surface area contributed by atoms with E-state index in [0.717, 1.165) is 15.8 Å². The van der Waals surface area contributed by atoms with Gasteiger partial charge in [-0.1, -0.05) is 59.6 Å². The van der Waals surface area contributed by atoms with E-state index < -0.39 is 21.5 Å². The highest BCUT2D eigenvalue weighted by molar-refractivity contribution is 7.99. The van der Waals surface area contributed by atoms with Crippen LogP contribution in [0.5, 0.6) is 0 Å². The molecule has 180 valence electrons. The van der Waals surface area contributed by atoms with E-state index in [9.17, 15) is 13.2 Å². The van der Waals surface area contributed by atoms with Crippen LogP contribution in [0.1, 0.15) is 22.4 Å². The Morgan fingerprint density at radius 2 is 1.71 bits per heavy atom. The molecule has 0 radical (unpaired) electrons. The van der Waals surface area contributed by atoms with E-state index in [0.29, 0.717) is 37.7 Å². The fourth-order valence-corrected chi connectivity index (χ4v) is 6.21. The van der Waals surface area contributed by atoms with Gasteiger partial charge in [-0.15, -0.1) is 16.2 Å². The first-order valence-electron chi connectivity index (χ1n) is 10.6. The summed E-state index contributed by atoms with van der Waals surface area (Å²) in [5, 5.41) is 5.64. The SMILES string of the molecule is Cc1ccc(CSc2cc(Cl)c(C)cc2S(=O)(=O)/N=C(\N)n2nc(C)c3ccccc3c2=O)cc1. The molecule has 0 fully saturated rings. The van der Waals surface area contributed by atoms with Crippen molar-refractivity contribution < 1.29 is 8.42 Å². The predicted molar refractivity (Wildman–Crippen MR) is 142 cm³/mol. The molecule has 0 bridgehead atoms. The monoisotopic (exact) mass is 526 g/mol. The van der Waals surface area contributed by atoms with Crippen molar-refractivity contribution in [3.63, 3.8) is 0 Å². The molecule has 7 nitrogen and oxygen atoms in total. The minimum Gasteiger partial charge on any atom is -0.367 e. The minimum atomic E-state index is -4.29. The molecule has 1 heterocycles. The summed E-state index contributed by atoms with van der Waals surface area (Å²) in [6, 6.07) is 18.0. The van der Waals surface area contributed by atoms with Crippen molar-refractivity contribution in [2.75, 3.05) is 0 Å². The minimum absolute atomic E-state index is 0.0370. The highest BCUT2D eigenvalue weighted by atomic mass is 35.5. The van der Waals surface area contributed by atoms with E-state index in [4.69, 9.17) is 17.3 Å². The number of fused-ring (bicyclic) bond motifs is 1. The molecule has 0 atom stereocenters. The van der Waals surface area contributed by atoms with Crippen LogP contribution < -0.4 is 11.3 Å². The maximum absolute atomic E-state index is 13.3. The lowest BCUT2D eigenvalue weighted by Gasteiger charge is -2.12.